The molecule has 2 heterocycles. The fourth-order valence-electron chi connectivity index (χ4n) is 2.52. The maximum atomic E-state index is 5.50. The number of nitrogens with one attached hydrogen (secondary N) is 1. The summed E-state index contributed by atoms with van der Waals surface area (Å²) in [6, 6.07) is 6.05. The Balaban J connectivity index is 1.80. The molecule has 1 aromatic carbocycles. The molecule has 0 saturated carbocycles. The van der Waals surface area contributed by atoms with Crippen molar-refractivity contribution in [3.63, 3.8) is 0 Å². The minimum Gasteiger partial charge on any atom is -0.393 e. The Labute approximate surface area is 141 Å². The highest BCUT2D eigenvalue weighted by Gasteiger charge is 2.13. The van der Waals surface area contributed by atoms with Gasteiger partial charge in [-0.2, -0.15) is 0 Å². The van der Waals surface area contributed by atoms with E-state index in [1.165, 1.54) is 0 Å². The zero-order valence-electron chi connectivity index (χ0n) is 13.9. The van der Waals surface area contributed by atoms with Crippen LogP contribution >= 0.6 is 0 Å². The monoisotopic (exact) mass is 324 g/mol. The lowest BCUT2D eigenvalue weighted by atomic mass is 10.1. The van der Waals surface area contributed by atoms with Crippen LogP contribution in [-0.2, 0) is 9.57 Å². The smallest absolute Gasteiger partial charge is 0.159 e. The summed E-state index contributed by atoms with van der Waals surface area (Å²) < 4.78 is 5.40. The van der Waals surface area contributed by atoms with Gasteiger partial charge in [0.2, 0.25) is 0 Å². The summed E-state index contributed by atoms with van der Waals surface area (Å²) in [4.78, 5) is 14.0. The van der Waals surface area contributed by atoms with Gasteiger partial charge in [-0.3, -0.25) is 0 Å². The Morgan fingerprint density at radius 1 is 1.46 bits per heavy atom. The standard InChI is InChI=1S/C18H20N4O2/c1-3-4-17(22-24-11-15-10-23-8-7-19-15)14-5-6-18-16(9-14)13(2)20-12-21-18/h5-6,9,12,15,19H,7-8,10-11H2,1-2H3/b22-17+. The molecule has 1 aromatic heterocycles. The number of aryl methyl sites for hydroxylation is 1. The van der Waals surface area contributed by atoms with Crippen molar-refractivity contribution < 1.29 is 9.57 Å². The van der Waals surface area contributed by atoms with Crippen molar-refractivity contribution in [1.82, 2.24) is 15.3 Å². The lowest BCUT2D eigenvalue weighted by Crippen LogP contribution is -2.43. The van der Waals surface area contributed by atoms with Gasteiger partial charge in [0.25, 0.3) is 0 Å². The minimum atomic E-state index is 0.158. The summed E-state index contributed by atoms with van der Waals surface area (Å²) in [6.07, 6.45) is 1.57. The third-order valence-corrected chi connectivity index (χ3v) is 3.78. The quantitative estimate of drug-likeness (QED) is 0.526. The van der Waals surface area contributed by atoms with E-state index in [0.717, 1.165) is 35.3 Å². The van der Waals surface area contributed by atoms with Crippen molar-refractivity contribution in [1.29, 1.82) is 0 Å². The molecule has 1 unspecified atom stereocenters. The van der Waals surface area contributed by atoms with Gasteiger partial charge < -0.3 is 14.9 Å². The van der Waals surface area contributed by atoms with Crippen LogP contribution < -0.4 is 5.32 Å². The average Bonchev–Trinajstić information content (AvgIpc) is 2.62. The van der Waals surface area contributed by atoms with Crippen molar-refractivity contribution in [2.75, 3.05) is 26.4 Å². The molecule has 1 aliphatic heterocycles. The van der Waals surface area contributed by atoms with E-state index in [9.17, 15) is 0 Å². The van der Waals surface area contributed by atoms with Crippen LogP contribution in [0.15, 0.2) is 29.7 Å². The van der Waals surface area contributed by atoms with Gasteiger partial charge in [0, 0.05) is 23.2 Å². The number of hydrogen-bond acceptors (Lipinski definition) is 6. The first-order chi connectivity index (χ1) is 11.8. The van der Waals surface area contributed by atoms with Crippen LogP contribution in [0.25, 0.3) is 10.9 Å². The first kappa shape index (κ1) is 16.4. The largest absolute Gasteiger partial charge is 0.393 e. The van der Waals surface area contributed by atoms with E-state index in [1.54, 1.807) is 13.3 Å². The molecular weight excluding hydrogens is 304 g/mol. The van der Waals surface area contributed by atoms with Gasteiger partial charge in [0.15, 0.2) is 5.71 Å². The number of hydrogen-bond donors (Lipinski definition) is 1. The zero-order valence-corrected chi connectivity index (χ0v) is 13.9. The molecule has 0 bridgehead atoms. The van der Waals surface area contributed by atoms with E-state index in [0.29, 0.717) is 18.9 Å². The molecule has 0 amide bonds. The van der Waals surface area contributed by atoms with Crippen LogP contribution in [0.2, 0.25) is 0 Å². The summed E-state index contributed by atoms with van der Waals surface area (Å²) >= 11 is 0. The summed E-state index contributed by atoms with van der Waals surface area (Å²) in [5.41, 5.74) is 3.32. The molecule has 0 spiro atoms. The number of oxime groups is 1. The molecule has 1 aliphatic rings. The molecule has 2 aromatic rings. The van der Waals surface area contributed by atoms with Crippen LogP contribution in [0.3, 0.4) is 0 Å². The summed E-state index contributed by atoms with van der Waals surface area (Å²) in [7, 11) is 0. The Morgan fingerprint density at radius 3 is 3.17 bits per heavy atom. The van der Waals surface area contributed by atoms with Crippen LogP contribution in [0.1, 0.15) is 18.2 Å². The molecule has 24 heavy (non-hydrogen) atoms. The average molecular weight is 324 g/mol. The van der Waals surface area contributed by atoms with E-state index in [-0.39, 0.29) is 6.04 Å². The molecule has 0 aliphatic carbocycles. The van der Waals surface area contributed by atoms with E-state index in [4.69, 9.17) is 9.57 Å². The summed E-state index contributed by atoms with van der Waals surface area (Å²) in [5.74, 6) is 5.89. The Hall–Kier alpha value is -2.49. The third kappa shape index (κ3) is 3.88. The van der Waals surface area contributed by atoms with Crippen LogP contribution in [0.4, 0.5) is 0 Å². The fourth-order valence-corrected chi connectivity index (χ4v) is 2.52. The highest BCUT2D eigenvalue weighted by molar-refractivity contribution is 6.14. The number of aromatic nitrogens is 2. The minimum absolute atomic E-state index is 0.158. The zero-order chi connectivity index (χ0) is 16.8. The van der Waals surface area contributed by atoms with Crippen molar-refractivity contribution in [3.8, 4) is 11.8 Å². The van der Waals surface area contributed by atoms with Gasteiger partial charge in [-0.15, -0.1) is 0 Å². The van der Waals surface area contributed by atoms with E-state index >= 15 is 0 Å². The third-order valence-electron chi connectivity index (χ3n) is 3.78. The van der Waals surface area contributed by atoms with Crippen molar-refractivity contribution in [2.45, 2.75) is 19.9 Å². The van der Waals surface area contributed by atoms with Gasteiger partial charge in [-0.1, -0.05) is 11.1 Å². The van der Waals surface area contributed by atoms with Crippen LogP contribution in [-0.4, -0.2) is 48.1 Å². The Bertz CT molecular complexity index is 802. The second-order valence-corrected chi connectivity index (χ2v) is 5.53. The molecule has 6 heteroatoms. The normalized spacial score (nSPS) is 18.1. The maximum Gasteiger partial charge on any atom is 0.159 e. The summed E-state index contributed by atoms with van der Waals surface area (Å²) in [5, 5.41) is 8.53. The number of ether oxygens (including phenoxy) is 1. The molecule has 1 N–H and O–H groups in total. The lowest BCUT2D eigenvalue weighted by molar-refractivity contribution is 0.0312. The Morgan fingerprint density at radius 2 is 2.38 bits per heavy atom. The Kier molecular flexibility index (Phi) is 5.36. The lowest BCUT2D eigenvalue weighted by Gasteiger charge is -2.22. The molecule has 1 saturated heterocycles. The van der Waals surface area contributed by atoms with Gasteiger partial charge in [-0.25, -0.2) is 9.97 Å². The van der Waals surface area contributed by atoms with Crippen LogP contribution in [0.5, 0.6) is 0 Å². The van der Waals surface area contributed by atoms with Crippen LogP contribution in [0, 0.1) is 18.8 Å². The van der Waals surface area contributed by atoms with E-state index < -0.39 is 0 Å². The highest BCUT2D eigenvalue weighted by atomic mass is 16.6. The molecular formula is C18H20N4O2. The van der Waals surface area contributed by atoms with Crippen molar-refractivity contribution in [3.05, 3.63) is 35.8 Å². The molecule has 1 atom stereocenters. The number of fused-ring (bicyclic) bond motifs is 1. The maximum absolute atomic E-state index is 5.50. The van der Waals surface area contributed by atoms with Gasteiger partial charge in [-0.05, 0) is 38.0 Å². The number of morpholine rings is 1. The number of rotatable bonds is 4. The van der Waals surface area contributed by atoms with Gasteiger partial charge in [0.1, 0.15) is 12.9 Å². The van der Waals surface area contributed by atoms with Crippen molar-refractivity contribution in [2.24, 2.45) is 5.16 Å². The predicted molar refractivity (Wildman–Crippen MR) is 92.8 cm³/mol. The number of nitrogens with zero attached hydrogens (tertiary/aromatic N) is 3. The first-order valence-corrected chi connectivity index (χ1v) is 7.93. The van der Waals surface area contributed by atoms with Gasteiger partial charge >= 0.3 is 0 Å². The second kappa shape index (κ2) is 7.86. The van der Waals surface area contributed by atoms with E-state index in [2.05, 4.69) is 32.3 Å². The number of benzene rings is 1. The molecule has 0 radical (unpaired) electrons. The predicted octanol–water partition coefficient (Wildman–Crippen LogP) is 1.67. The van der Waals surface area contributed by atoms with Crippen molar-refractivity contribution >= 4 is 16.6 Å². The fraction of sp³-hybridized carbons (Fsp3) is 0.389. The van der Waals surface area contributed by atoms with E-state index in [1.807, 2.05) is 25.1 Å². The molecule has 124 valence electrons. The highest BCUT2D eigenvalue weighted by Crippen LogP contribution is 2.16. The molecule has 1 fully saturated rings. The molecule has 6 nitrogen and oxygen atoms in total. The second-order valence-electron chi connectivity index (χ2n) is 5.53. The topological polar surface area (TPSA) is 68.6 Å². The summed E-state index contributed by atoms with van der Waals surface area (Å²) in [6.45, 7) is 6.40. The molecule has 3 rings (SSSR count). The first-order valence-electron chi connectivity index (χ1n) is 7.93. The SMILES string of the molecule is CC#C/C(=N\OCC1COCCN1)c1ccc2ncnc(C)c2c1. The van der Waals surface area contributed by atoms with Gasteiger partial charge in [0.05, 0.1) is 24.8 Å².